The number of aliphatic hydroxyl groups is 7. The van der Waals surface area contributed by atoms with Gasteiger partial charge in [-0.25, -0.2) is 4.79 Å². The van der Waals surface area contributed by atoms with Gasteiger partial charge in [0.2, 0.25) is 0 Å². The quantitative estimate of drug-likeness (QED) is 0.209. The van der Waals surface area contributed by atoms with Crippen molar-refractivity contribution in [3.8, 4) is 0 Å². The van der Waals surface area contributed by atoms with Gasteiger partial charge in [0.25, 0.3) is 0 Å². The highest BCUT2D eigenvalue weighted by molar-refractivity contribution is 5.72. The van der Waals surface area contributed by atoms with Gasteiger partial charge in [0.05, 0.1) is 25.4 Å². The van der Waals surface area contributed by atoms with Gasteiger partial charge in [-0.3, -0.25) is 0 Å². The molecule has 0 bridgehead atoms. The van der Waals surface area contributed by atoms with Crippen LogP contribution in [0, 0.1) is 5.92 Å². The number of aliphatic carboxylic acids is 1. The Labute approximate surface area is 137 Å². The van der Waals surface area contributed by atoms with Crippen molar-refractivity contribution in [1.82, 2.24) is 0 Å². The van der Waals surface area contributed by atoms with Crippen molar-refractivity contribution in [2.75, 3.05) is 13.2 Å². The Morgan fingerprint density at radius 3 is 2.21 bits per heavy atom. The van der Waals surface area contributed by atoms with Crippen LogP contribution in [0.1, 0.15) is 6.92 Å². The van der Waals surface area contributed by atoms with Gasteiger partial charge >= 0.3 is 5.97 Å². The Morgan fingerprint density at radius 1 is 1.17 bits per heavy atom. The maximum Gasteiger partial charge on any atom is 0.335 e. The van der Waals surface area contributed by atoms with Gasteiger partial charge in [-0.2, -0.15) is 0 Å². The fourth-order valence-electron chi connectivity index (χ4n) is 2.37. The molecule has 1 aliphatic heterocycles. The molecule has 24 heavy (non-hydrogen) atoms. The van der Waals surface area contributed by atoms with Gasteiger partial charge in [0.1, 0.15) is 24.4 Å². The predicted molar refractivity (Wildman–Crippen MR) is 74.5 cm³/mol. The molecule has 1 fully saturated rings. The molecule has 1 heterocycles. The van der Waals surface area contributed by atoms with Crippen LogP contribution in [0.5, 0.6) is 0 Å². The molecule has 0 amide bonds. The summed E-state index contributed by atoms with van der Waals surface area (Å²) in [5.41, 5.74) is 0. The summed E-state index contributed by atoms with van der Waals surface area (Å²) >= 11 is 0. The summed E-state index contributed by atoms with van der Waals surface area (Å²) in [7, 11) is 0. The Morgan fingerprint density at radius 2 is 1.75 bits per heavy atom. The highest BCUT2D eigenvalue weighted by Crippen LogP contribution is 2.28. The number of aliphatic hydroxyl groups excluding tert-OH is 7. The van der Waals surface area contributed by atoms with Gasteiger partial charge in [-0.15, -0.1) is 0 Å². The molecule has 0 aliphatic carbocycles. The summed E-state index contributed by atoms with van der Waals surface area (Å²) < 4.78 is 10.3. The third-order valence-electron chi connectivity index (χ3n) is 4.01. The van der Waals surface area contributed by atoms with E-state index in [1.54, 1.807) is 0 Å². The first kappa shape index (κ1) is 21.2. The molecule has 9 atom stereocenters. The fourth-order valence-corrected chi connectivity index (χ4v) is 2.37. The Kier molecular flexibility index (Phi) is 7.92. The third kappa shape index (κ3) is 4.59. The maximum atomic E-state index is 10.7. The monoisotopic (exact) mass is 356 g/mol. The van der Waals surface area contributed by atoms with Crippen LogP contribution in [0.25, 0.3) is 0 Å². The zero-order chi connectivity index (χ0) is 18.6. The lowest BCUT2D eigenvalue weighted by molar-refractivity contribution is -0.317. The standard InChI is InChI=1S/C13H24O11/c1-4-6(3-15)23-13(10(20)7(4)17)24-11(5(16)2-14)8(18)9(19)12(21)22/h4-11,13-20H,2-3H2,1H3,(H,21,22)/t4-,5-,6+,7-,8+,9+,10+,11+,13-/m0/s1. The minimum Gasteiger partial charge on any atom is -0.479 e. The van der Waals surface area contributed by atoms with E-state index >= 15 is 0 Å². The van der Waals surface area contributed by atoms with Gasteiger partial charge in [-0.05, 0) is 0 Å². The topological polar surface area (TPSA) is 197 Å². The normalized spacial score (nSPS) is 35.9. The molecule has 142 valence electrons. The van der Waals surface area contributed by atoms with Crippen molar-refractivity contribution in [2.45, 2.75) is 55.9 Å². The molecule has 0 aromatic rings. The third-order valence-corrected chi connectivity index (χ3v) is 4.01. The number of carbonyl (C=O) groups is 1. The molecule has 1 saturated heterocycles. The Balaban J connectivity index is 2.94. The van der Waals surface area contributed by atoms with Crippen LogP contribution in [0.3, 0.4) is 0 Å². The fraction of sp³-hybridized carbons (Fsp3) is 0.923. The van der Waals surface area contributed by atoms with E-state index in [0.717, 1.165) is 0 Å². The molecule has 0 aromatic heterocycles. The van der Waals surface area contributed by atoms with Gasteiger partial charge < -0.3 is 50.3 Å². The second kappa shape index (κ2) is 8.99. The van der Waals surface area contributed by atoms with Crippen LogP contribution in [0.4, 0.5) is 0 Å². The van der Waals surface area contributed by atoms with Crippen molar-refractivity contribution in [3.05, 3.63) is 0 Å². The van der Waals surface area contributed by atoms with Crippen molar-refractivity contribution >= 4 is 5.97 Å². The molecule has 11 nitrogen and oxygen atoms in total. The average molecular weight is 356 g/mol. The predicted octanol–water partition coefficient (Wildman–Crippen LogP) is -4.39. The molecule has 0 aromatic carbocycles. The lowest BCUT2D eigenvalue weighted by Crippen LogP contribution is -2.59. The van der Waals surface area contributed by atoms with Crippen molar-refractivity contribution in [2.24, 2.45) is 5.92 Å². The van der Waals surface area contributed by atoms with Crippen LogP contribution < -0.4 is 0 Å². The molecule has 11 heteroatoms. The Hall–Kier alpha value is -0.890. The van der Waals surface area contributed by atoms with E-state index in [1.807, 2.05) is 0 Å². The smallest absolute Gasteiger partial charge is 0.335 e. The molecule has 0 radical (unpaired) electrons. The van der Waals surface area contributed by atoms with Crippen LogP contribution in [-0.2, 0) is 14.3 Å². The van der Waals surface area contributed by atoms with E-state index in [2.05, 4.69) is 0 Å². The Bertz CT molecular complexity index is 403. The second-order valence-electron chi connectivity index (χ2n) is 5.69. The second-order valence-corrected chi connectivity index (χ2v) is 5.69. The van der Waals surface area contributed by atoms with Crippen molar-refractivity contribution < 1.29 is 55.1 Å². The zero-order valence-corrected chi connectivity index (χ0v) is 12.9. The van der Waals surface area contributed by atoms with E-state index in [4.69, 9.17) is 19.7 Å². The lowest BCUT2D eigenvalue weighted by atomic mass is 9.91. The van der Waals surface area contributed by atoms with Gasteiger partial charge in [0.15, 0.2) is 12.4 Å². The molecule has 0 saturated carbocycles. The number of rotatable bonds is 8. The minimum atomic E-state index is -2.34. The van der Waals surface area contributed by atoms with E-state index in [0.29, 0.717) is 0 Å². The first-order valence-corrected chi connectivity index (χ1v) is 7.31. The number of carboxylic acids is 1. The number of carboxylic acid groups (broad SMARTS) is 1. The molecule has 0 unspecified atom stereocenters. The average Bonchev–Trinajstić information content (AvgIpc) is 2.57. The summed E-state index contributed by atoms with van der Waals surface area (Å²) in [5.74, 6) is -2.45. The SMILES string of the molecule is C[C@@H]1[C@H](O)[C@@H](O)[C@H](O[C@@H]([C@H](O)[C@@H](O)C(=O)O)[C@@H](O)CO)O[C@@H]1CO. The number of ether oxygens (including phenoxy) is 2. The molecule has 1 rings (SSSR count). The highest BCUT2D eigenvalue weighted by atomic mass is 16.7. The van der Waals surface area contributed by atoms with E-state index < -0.39 is 74.1 Å². The highest BCUT2D eigenvalue weighted by Gasteiger charge is 2.46. The summed E-state index contributed by atoms with van der Waals surface area (Å²) in [6.45, 7) is 0.0473. The van der Waals surface area contributed by atoms with Crippen LogP contribution >= 0.6 is 0 Å². The van der Waals surface area contributed by atoms with Crippen LogP contribution in [-0.4, -0.2) is 109 Å². The molecule has 0 spiro atoms. The summed E-state index contributed by atoms with van der Waals surface area (Å²) in [6.07, 6.45) is -13.7. The maximum absolute atomic E-state index is 10.7. The van der Waals surface area contributed by atoms with Crippen molar-refractivity contribution in [3.63, 3.8) is 0 Å². The summed E-state index contributed by atoms with van der Waals surface area (Å²) in [5, 5.41) is 75.7. The van der Waals surface area contributed by atoms with Crippen LogP contribution in [0.2, 0.25) is 0 Å². The first-order valence-electron chi connectivity index (χ1n) is 7.31. The number of hydrogen-bond acceptors (Lipinski definition) is 10. The van der Waals surface area contributed by atoms with Crippen molar-refractivity contribution in [1.29, 1.82) is 0 Å². The molecular weight excluding hydrogens is 332 g/mol. The van der Waals surface area contributed by atoms with E-state index in [1.165, 1.54) is 6.92 Å². The molecular formula is C13H24O11. The minimum absolute atomic E-state index is 0.516. The zero-order valence-electron chi connectivity index (χ0n) is 12.9. The molecule has 1 aliphatic rings. The number of hydrogen-bond donors (Lipinski definition) is 8. The van der Waals surface area contributed by atoms with Gasteiger partial charge in [0, 0.05) is 5.92 Å². The van der Waals surface area contributed by atoms with E-state index in [9.17, 15) is 35.4 Å². The lowest BCUT2D eigenvalue weighted by Gasteiger charge is -2.42. The summed E-state index contributed by atoms with van der Waals surface area (Å²) in [4.78, 5) is 10.7. The largest absolute Gasteiger partial charge is 0.479 e. The molecule has 8 N–H and O–H groups in total. The first-order chi connectivity index (χ1) is 11.1. The van der Waals surface area contributed by atoms with E-state index in [-0.39, 0.29) is 0 Å². The summed E-state index contributed by atoms with van der Waals surface area (Å²) in [6, 6.07) is 0. The van der Waals surface area contributed by atoms with Gasteiger partial charge in [-0.1, -0.05) is 6.92 Å². The van der Waals surface area contributed by atoms with Crippen LogP contribution in [0.15, 0.2) is 0 Å².